The lowest BCUT2D eigenvalue weighted by Gasteiger charge is -2.32. The maximum Gasteiger partial charge on any atom is 0.326 e. The van der Waals surface area contributed by atoms with Crippen molar-refractivity contribution in [3.63, 3.8) is 0 Å². The number of esters is 2. The van der Waals surface area contributed by atoms with E-state index in [1.807, 2.05) is 20.8 Å². The highest BCUT2D eigenvalue weighted by atomic mass is 16.6. The minimum Gasteiger partial charge on any atom is -0.461 e. The van der Waals surface area contributed by atoms with Crippen LogP contribution in [0.25, 0.3) is 0 Å². The second-order valence-corrected chi connectivity index (χ2v) is 9.72. The first-order chi connectivity index (χ1) is 14.1. The third-order valence-corrected chi connectivity index (χ3v) is 5.79. The molecule has 2 fully saturated rings. The van der Waals surface area contributed by atoms with Gasteiger partial charge in [0.2, 0.25) is 5.91 Å². The van der Waals surface area contributed by atoms with Gasteiger partial charge in [-0.05, 0) is 53.4 Å². The first kappa shape index (κ1) is 24.6. The summed E-state index contributed by atoms with van der Waals surface area (Å²) >= 11 is 0. The molecule has 1 N–H and O–H groups in total. The summed E-state index contributed by atoms with van der Waals surface area (Å²) in [6, 6.07) is -0.992. The molecule has 0 aromatic carbocycles. The predicted octanol–water partition coefficient (Wildman–Crippen LogP) is 3.34. The standard InChI is InChI=1S/C23H40N2O5/c1-6-7-8-13-18-14-19(22(28)29-18)24-16(2)21(27)25(17-11-9-10-12-17)15-20(26)30-23(3,4)5/h16-19,24H,6-15H2,1-5H3/t16-,18?,19?/m0/s1. The molecule has 1 aliphatic carbocycles. The fourth-order valence-corrected chi connectivity index (χ4v) is 4.33. The molecular formula is C23H40N2O5. The zero-order valence-corrected chi connectivity index (χ0v) is 19.4. The van der Waals surface area contributed by atoms with Crippen LogP contribution < -0.4 is 5.32 Å². The Morgan fingerprint density at radius 3 is 2.50 bits per heavy atom. The van der Waals surface area contributed by atoms with Crippen LogP contribution in [0.4, 0.5) is 0 Å². The van der Waals surface area contributed by atoms with Crippen molar-refractivity contribution in [2.75, 3.05) is 6.54 Å². The molecule has 1 saturated heterocycles. The molecule has 2 aliphatic rings. The molecule has 2 rings (SSSR count). The topological polar surface area (TPSA) is 84.9 Å². The van der Waals surface area contributed by atoms with E-state index in [9.17, 15) is 14.4 Å². The molecule has 172 valence electrons. The average molecular weight is 425 g/mol. The van der Waals surface area contributed by atoms with Crippen LogP contribution in [0.15, 0.2) is 0 Å². The van der Waals surface area contributed by atoms with Gasteiger partial charge in [0.05, 0.1) is 6.04 Å². The van der Waals surface area contributed by atoms with Gasteiger partial charge >= 0.3 is 11.9 Å². The Morgan fingerprint density at radius 2 is 1.90 bits per heavy atom. The van der Waals surface area contributed by atoms with E-state index in [0.717, 1.165) is 51.4 Å². The summed E-state index contributed by atoms with van der Waals surface area (Å²) in [4.78, 5) is 39.5. The number of hydrogen-bond donors (Lipinski definition) is 1. The van der Waals surface area contributed by atoms with Gasteiger partial charge in [-0.25, -0.2) is 0 Å². The van der Waals surface area contributed by atoms with E-state index >= 15 is 0 Å². The van der Waals surface area contributed by atoms with E-state index in [4.69, 9.17) is 9.47 Å². The summed E-state index contributed by atoms with van der Waals surface area (Å²) in [6.07, 6.45) is 8.58. The summed E-state index contributed by atoms with van der Waals surface area (Å²) < 4.78 is 10.9. The summed E-state index contributed by atoms with van der Waals surface area (Å²) in [5.74, 6) is -0.836. The van der Waals surface area contributed by atoms with Gasteiger partial charge < -0.3 is 14.4 Å². The molecule has 0 spiro atoms. The number of unbranched alkanes of at least 4 members (excludes halogenated alkanes) is 2. The molecule has 7 heteroatoms. The Hall–Kier alpha value is -1.63. The second-order valence-electron chi connectivity index (χ2n) is 9.72. The van der Waals surface area contributed by atoms with Gasteiger partial charge in [-0.15, -0.1) is 0 Å². The Kier molecular flexibility index (Phi) is 9.13. The van der Waals surface area contributed by atoms with Crippen LogP contribution in [0.3, 0.4) is 0 Å². The van der Waals surface area contributed by atoms with Gasteiger partial charge in [0.1, 0.15) is 24.3 Å². The van der Waals surface area contributed by atoms with Gasteiger partial charge in [-0.3, -0.25) is 19.7 Å². The van der Waals surface area contributed by atoms with Crippen molar-refractivity contribution < 1.29 is 23.9 Å². The van der Waals surface area contributed by atoms with Crippen molar-refractivity contribution in [3.05, 3.63) is 0 Å². The summed E-state index contributed by atoms with van der Waals surface area (Å²) in [5.41, 5.74) is -0.592. The smallest absolute Gasteiger partial charge is 0.326 e. The van der Waals surface area contributed by atoms with Crippen LogP contribution in [-0.4, -0.2) is 59.1 Å². The zero-order chi connectivity index (χ0) is 22.3. The third-order valence-electron chi connectivity index (χ3n) is 5.79. The van der Waals surface area contributed by atoms with E-state index in [1.54, 1.807) is 11.8 Å². The molecule has 0 aromatic heterocycles. The lowest BCUT2D eigenvalue weighted by molar-refractivity contribution is -0.160. The number of rotatable bonds is 10. The largest absolute Gasteiger partial charge is 0.461 e. The molecule has 7 nitrogen and oxygen atoms in total. The number of nitrogens with zero attached hydrogens (tertiary/aromatic N) is 1. The molecule has 1 saturated carbocycles. The minimum atomic E-state index is -0.592. The third kappa shape index (κ3) is 7.56. The highest BCUT2D eigenvalue weighted by molar-refractivity contribution is 5.87. The van der Waals surface area contributed by atoms with Gasteiger partial charge in [0.15, 0.2) is 0 Å². The Labute approximate surface area is 181 Å². The Morgan fingerprint density at radius 1 is 1.23 bits per heavy atom. The Bertz CT molecular complexity index is 595. The molecule has 0 bridgehead atoms. The lowest BCUT2D eigenvalue weighted by Crippen LogP contribution is -2.53. The van der Waals surface area contributed by atoms with E-state index in [-0.39, 0.29) is 30.6 Å². The van der Waals surface area contributed by atoms with Crippen molar-refractivity contribution >= 4 is 17.8 Å². The Balaban J connectivity index is 1.95. The van der Waals surface area contributed by atoms with E-state index in [2.05, 4.69) is 12.2 Å². The first-order valence-corrected chi connectivity index (χ1v) is 11.6. The average Bonchev–Trinajstić information content (AvgIpc) is 3.28. The van der Waals surface area contributed by atoms with Gasteiger partial charge in [0, 0.05) is 12.5 Å². The van der Waals surface area contributed by atoms with Gasteiger partial charge in [-0.1, -0.05) is 32.6 Å². The monoisotopic (exact) mass is 424 g/mol. The van der Waals surface area contributed by atoms with Crippen molar-refractivity contribution in [1.29, 1.82) is 0 Å². The maximum absolute atomic E-state index is 13.2. The molecule has 1 amide bonds. The molecule has 3 atom stereocenters. The fraction of sp³-hybridized carbons (Fsp3) is 0.870. The van der Waals surface area contributed by atoms with Crippen LogP contribution in [0.5, 0.6) is 0 Å². The number of cyclic esters (lactones) is 1. The van der Waals surface area contributed by atoms with Crippen molar-refractivity contribution in [1.82, 2.24) is 10.2 Å². The fourth-order valence-electron chi connectivity index (χ4n) is 4.33. The molecular weight excluding hydrogens is 384 g/mol. The number of ether oxygens (including phenoxy) is 2. The number of hydrogen-bond acceptors (Lipinski definition) is 6. The number of amides is 1. The predicted molar refractivity (Wildman–Crippen MR) is 115 cm³/mol. The molecule has 30 heavy (non-hydrogen) atoms. The molecule has 1 heterocycles. The van der Waals surface area contributed by atoms with Crippen LogP contribution in [0.1, 0.15) is 92.4 Å². The molecule has 1 aliphatic heterocycles. The van der Waals surface area contributed by atoms with Gasteiger partial charge in [0.25, 0.3) is 0 Å². The van der Waals surface area contributed by atoms with E-state index in [1.165, 1.54) is 0 Å². The zero-order valence-electron chi connectivity index (χ0n) is 19.4. The summed E-state index contributed by atoms with van der Waals surface area (Å²) in [6.45, 7) is 9.31. The number of nitrogens with one attached hydrogen (secondary N) is 1. The maximum atomic E-state index is 13.2. The minimum absolute atomic E-state index is 0.0478. The van der Waals surface area contributed by atoms with Crippen LogP contribution in [0.2, 0.25) is 0 Å². The van der Waals surface area contributed by atoms with Crippen molar-refractivity contribution in [3.8, 4) is 0 Å². The molecule has 0 radical (unpaired) electrons. The number of carbonyl (C=O) groups excluding carboxylic acids is 3. The van der Waals surface area contributed by atoms with Crippen LogP contribution in [0, 0.1) is 0 Å². The van der Waals surface area contributed by atoms with Crippen molar-refractivity contribution in [2.24, 2.45) is 0 Å². The highest BCUT2D eigenvalue weighted by Gasteiger charge is 2.38. The summed E-state index contributed by atoms with van der Waals surface area (Å²) in [5, 5.41) is 3.16. The SMILES string of the molecule is CCCCCC1CC(N[C@@H](C)C(=O)N(CC(=O)OC(C)(C)C)C2CCCC2)C(=O)O1. The van der Waals surface area contributed by atoms with Crippen LogP contribution in [-0.2, 0) is 23.9 Å². The van der Waals surface area contributed by atoms with E-state index in [0.29, 0.717) is 6.42 Å². The summed E-state index contributed by atoms with van der Waals surface area (Å²) in [7, 11) is 0. The van der Waals surface area contributed by atoms with Gasteiger partial charge in [-0.2, -0.15) is 0 Å². The highest BCUT2D eigenvalue weighted by Crippen LogP contribution is 2.25. The normalized spacial score (nSPS) is 23.3. The van der Waals surface area contributed by atoms with E-state index < -0.39 is 23.7 Å². The number of carbonyl (C=O) groups is 3. The molecule has 2 unspecified atom stereocenters. The van der Waals surface area contributed by atoms with Crippen molar-refractivity contribution in [2.45, 2.75) is 122 Å². The first-order valence-electron chi connectivity index (χ1n) is 11.6. The lowest BCUT2D eigenvalue weighted by atomic mass is 10.1. The quantitative estimate of drug-likeness (QED) is 0.428. The van der Waals surface area contributed by atoms with Crippen LogP contribution >= 0.6 is 0 Å². The second kappa shape index (κ2) is 11.1. The molecule has 0 aromatic rings.